The highest BCUT2D eigenvalue weighted by Crippen LogP contribution is 2.18. The molecule has 1 aliphatic heterocycles. The molecule has 1 heterocycles. The van der Waals surface area contributed by atoms with Gasteiger partial charge in [-0.3, -0.25) is 9.59 Å². The zero-order chi connectivity index (χ0) is 13.9. The third-order valence-corrected chi connectivity index (χ3v) is 2.81. The van der Waals surface area contributed by atoms with Gasteiger partial charge in [-0.15, -0.1) is 0 Å². The summed E-state index contributed by atoms with van der Waals surface area (Å²) >= 11 is 0. The van der Waals surface area contributed by atoms with E-state index in [4.69, 9.17) is 0 Å². The van der Waals surface area contributed by atoms with Crippen molar-refractivity contribution in [3.05, 3.63) is 0 Å². The Labute approximate surface area is 104 Å². The summed E-state index contributed by atoms with van der Waals surface area (Å²) in [4.78, 5) is 34.9. The van der Waals surface area contributed by atoms with Gasteiger partial charge in [0.25, 0.3) is 5.91 Å². The van der Waals surface area contributed by atoms with Gasteiger partial charge in [-0.1, -0.05) is 0 Å². The van der Waals surface area contributed by atoms with Crippen molar-refractivity contribution in [3.63, 3.8) is 0 Å². The van der Waals surface area contributed by atoms with Gasteiger partial charge in [0.15, 0.2) is 6.54 Å². The van der Waals surface area contributed by atoms with Crippen LogP contribution in [0.15, 0.2) is 0 Å². The molecule has 2 amide bonds. The molecule has 0 aromatic rings. The van der Waals surface area contributed by atoms with Crippen molar-refractivity contribution >= 4 is 17.8 Å². The second-order valence-electron chi connectivity index (χ2n) is 4.25. The molecule has 1 saturated heterocycles. The first kappa shape index (κ1) is 14.4. The summed E-state index contributed by atoms with van der Waals surface area (Å²) in [5, 5.41) is 22.6. The van der Waals surface area contributed by atoms with Crippen LogP contribution in [0.3, 0.4) is 0 Å². The van der Waals surface area contributed by atoms with Crippen molar-refractivity contribution in [2.45, 2.75) is 31.5 Å². The minimum absolute atomic E-state index is 0.00976. The van der Waals surface area contributed by atoms with E-state index < -0.39 is 36.0 Å². The first-order valence-electron chi connectivity index (χ1n) is 5.64. The Balaban J connectivity index is 2.70. The molecule has 0 saturated carbocycles. The first-order chi connectivity index (χ1) is 8.36. The van der Waals surface area contributed by atoms with Gasteiger partial charge < -0.3 is 31.0 Å². The fourth-order valence-electron chi connectivity index (χ4n) is 1.90. The summed E-state index contributed by atoms with van der Waals surface area (Å²) in [5.41, 5.74) is 3.37. The van der Waals surface area contributed by atoms with Gasteiger partial charge in [0.2, 0.25) is 5.91 Å². The van der Waals surface area contributed by atoms with Crippen LogP contribution in [0.4, 0.5) is 0 Å². The van der Waals surface area contributed by atoms with Crippen molar-refractivity contribution in [1.82, 2.24) is 10.2 Å². The van der Waals surface area contributed by atoms with Gasteiger partial charge in [0.1, 0.15) is 6.04 Å². The number of amides is 2. The van der Waals surface area contributed by atoms with Gasteiger partial charge in [-0.05, 0) is 6.92 Å². The van der Waals surface area contributed by atoms with E-state index in [-0.39, 0.29) is 19.5 Å². The standard InChI is InChI=1S/C10H17N3O5/c1-5(12-8(15)3-11)9(16)13-4-6(14)2-7(13)10(17)18/h5-7,14H,2-4,11H2,1H3,(H,12,15)(H,17,18)/t5-,6+,7-/m0/s1. The highest BCUT2D eigenvalue weighted by molar-refractivity contribution is 5.90. The number of quaternary nitrogens is 1. The van der Waals surface area contributed by atoms with Gasteiger partial charge >= 0.3 is 0 Å². The molecule has 1 fully saturated rings. The molecule has 5 N–H and O–H groups in total. The van der Waals surface area contributed by atoms with E-state index in [9.17, 15) is 24.6 Å². The summed E-state index contributed by atoms with van der Waals surface area (Å²) in [6.45, 7) is 1.37. The van der Waals surface area contributed by atoms with Crippen molar-refractivity contribution in [2.24, 2.45) is 0 Å². The average molecular weight is 259 g/mol. The Morgan fingerprint density at radius 1 is 1.56 bits per heavy atom. The van der Waals surface area contributed by atoms with Gasteiger partial charge in [-0.25, -0.2) is 0 Å². The molecule has 0 radical (unpaired) electrons. The summed E-state index contributed by atoms with van der Waals surface area (Å²) < 4.78 is 0. The molecule has 0 aromatic heterocycles. The Hall–Kier alpha value is -1.67. The lowest BCUT2D eigenvalue weighted by Gasteiger charge is -2.27. The summed E-state index contributed by atoms with van der Waals surface area (Å²) in [6.07, 6.45) is -0.933. The molecule has 0 aromatic carbocycles. The largest absolute Gasteiger partial charge is 0.548 e. The molecular formula is C10H17N3O5. The van der Waals surface area contributed by atoms with Crippen LogP contribution in [0.25, 0.3) is 0 Å². The van der Waals surface area contributed by atoms with Crippen molar-refractivity contribution in [2.75, 3.05) is 13.1 Å². The van der Waals surface area contributed by atoms with Gasteiger partial charge in [0, 0.05) is 13.0 Å². The zero-order valence-electron chi connectivity index (χ0n) is 10.1. The number of hydrogen-bond donors (Lipinski definition) is 3. The number of aliphatic carboxylic acids is 1. The first-order valence-corrected chi connectivity index (χ1v) is 5.64. The predicted molar refractivity (Wildman–Crippen MR) is 56.5 cm³/mol. The molecule has 8 nitrogen and oxygen atoms in total. The molecule has 0 unspecified atom stereocenters. The van der Waals surface area contributed by atoms with Crippen LogP contribution in [0.1, 0.15) is 13.3 Å². The minimum Gasteiger partial charge on any atom is -0.548 e. The monoisotopic (exact) mass is 259 g/mol. The molecule has 0 spiro atoms. The fourth-order valence-corrected chi connectivity index (χ4v) is 1.90. The van der Waals surface area contributed by atoms with Crippen LogP contribution < -0.4 is 16.2 Å². The van der Waals surface area contributed by atoms with E-state index in [1.807, 2.05) is 0 Å². The maximum atomic E-state index is 11.9. The maximum Gasteiger partial charge on any atom is 0.275 e. The van der Waals surface area contributed by atoms with Crippen LogP contribution in [-0.4, -0.2) is 59.1 Å². The summed E-state index contributed by atoms with van der Waals surface area (Å²) in [5.74, 6) is -2.36. The second kappa shape index (κ2) is 5.78. The number of rotatable bonds is 4. The van der Waals surface area contributed by atoms with E-state index in [2.05, 4.69) is 11.1 Å². The lowest BCUT2D eigenvalue weighted by molar-refractivity contribution is -0.355. The van der Waals surface area contributed by atoms with E-state index in [1.165, 1.54) is 6.92 Å². The smallest absolute Gasteiger partial charge is 0.275 e. The molecular weight excluding hydrogens is 242 g/mol. The number of hydrogen-bond acceptors (Lipinski definition) is 5. The molecule has 102 valence electrons. The molecule has 0 bridgehead atoms. The minimum atomic E-state index is -1.41. The van der Waals surface area contributed by atoms with Crippen molar-refractivity contribution in [1.29, 1.82) is 0 Å². The third-order valence-electron chi connectivity index (χ3n) is 2.81. The normalized spacial score (nSPS) is 24.7. The fraction of sp³-hybridized carbons (Fsp3) is 0.700. The third kappa shape index (κ3) is 3.17. The van der Waals surface area contributed by atoms with Crippen LogP contribution >= 0.6 is 0 Å². The second-order valence-corrected chi connectivity index (χ2v) is 4.25. The molecule has 18 heavy (non-hydrogen) atoms. The number of carbonyl (C=O) groups excluding carboxylic acids is 3. The van der Waals surface area contributed by atoms with Crippen LogP contribution in [-0.2, 0) is 14.4 Å². The molecule has 8 heteroatoms. The number of aliphatic hydroxyl groups excluding tert-OH is 1. The van der Waals surface area contributed by atoms with Crippen molar-refractivity contribution < 1.29 is 30.3 Å². The number of nitrogens with zero attached hydrogens (tertiary/aromatic N) is 1. The number of carboxylic acids is 1. The number of nitrogens with one attached hydrogen (secondary N) is 1. The van der Waals surface area contributed by atoms with E-state index in [0.717, 1.165) is 4.90 Å². The SMILES string of the molecule is C[C@H](NC(=O)C[NH3+])C(=O)N1C[C@H](O)C[C@H]1C(=O)[O-]. The Morgan fingerprint density at radius 3 is 2.67 bits per heavy atom. The molecule has 1 rings (SSSR count). The van der Waals surface area contributed by atoms with Crippen LogP contribution in [0.5, 0.6) is 0 Å². The van der Waals surface area contributed by atoms with Crippen LogP contribution in [0.2, 0.25) is 0 Å². The topological polar surface area (TPSA) is 137 Å². The summed E-state index contributed by atoms with van der Waals surface area (Å²) in [6, 6.07) is -2.00. The lowest BCUT2D eigenvalue weighted by atomic mass is 10.2. The summed E-state index contributed by atoms with van der Waals surface area (Å²) in [7, 11) is 0. The van der Waals surface area contributed by atoms with Crippen molar-refractivity contribution in [3.8, 4) is 0 Å². The Morgan fingerprint density at radius 2 is 2.17 bits per heavy atom. The van der Waals surface area contributed by atoms with E-state index >= 15 is 0 Å². The number of aliphatic hydroxyl groups is 1. The van der Waals surface area contributed by atoms with Crippen LogP contribution in [0, 0.1) is 0 Å². The Kier molecular flexibility index (Phi) is 4.62. The number of β-amino-alcohol motifs (C(OH)–C–C–N with tert-alkyl or cyclic N) is 1. The molecule has 0 aliphatic carbocycles. The zero-order valence-corrected chi connectivity index (χ0v) is 10.1. The van der Waals surface area contributed by atoms with E-state index in [1.54, 1.807) is 0 Å². The number of likely N-dealkylation sites (tertiary alicyclic amines) is 1. The number of carbonyl (C=O) groups is 3. The number of carboxylic acid groups (broad SMARTS) is 1. The van der Waals surface area contributed by atoms with Gasteiger partial charge in [0.05, 0.1) is 18.1 Å². The molecule has 1 aliphatic rings. The average Bonchev–Trinajstić information content (AvgIpc) is 2.70. The predicted octanol–water partition coefficient (Wildman–Crippen LogP) is -4.56. The highest BCUT2D eigenvalue weighted by Gasteiger charge is 2.37. The van der Waals surface area contributed by atoms with E-state index in [0.29, 0.717) is 0 Å². The Bertz CT molecular complexity index is 359. The van der Waals surface area contributed by atoms with Gasteiger partial charge in [-0.2, -0.15) is 0 Å². The lowest BCUT2D eigenvalue weighted by Crippen LogP contribution is -2.60. The maximum absolute atomic E-state index is 11.9. The quantitative estimate of drug-likeness (QED) is 0.467. The highest BCUT2D eigenvalue weighted by atomic mass is 16.4. The molecule has 3 atom stereocenters.